The summed E-state index contributed by atoms with van der Waals surface area (Å²) in [6, 6.07) is 9.61. The lowest BCUT2D eigenvalue weighted by atomic mass is 9.92. The highest BCUT2D eigenvalue weighted by molar-refractivity contribution is 5.94. The Kier molecular flexibility index (Phi) is 5.80. The number of hydrogen-bond acceptors (Lipinski definition) is 4. The predicted molar refractivity (Wildman–Crippen MR) is 108 cm³/mol. The molecule has 2 fully saturated rings. The minimum Gasteiger partial charge on any atom is -0.379 e. The van der Waals surface area contributed by atoms with Gasteiger partial charge in [-0.1, -0.05) is 18.2 Å². The number of para-hydroxylation sites is 1. The molecule has 0 radical (unpaired) electrons. The van der Waals surface area contributed by atoms with Crippen LogP contribution in [0.2, 0.25) is 0 Å². The molecule has 3 N–H and O–H groups in total. The fraction of sp³-hybridized carbons (Fsp3) is 0.476. The highest BCUT2D eigenvalue weighted by atomic mass is 16.5. The van der Waals surface area contributed by atoms with Crippen molar-refractivity contribution in [1.82, 2.24) is 20.0 Å². The van der Waals surface area contributed by atoms with Crippen LogP contribution in [0.25, 0.3) is 5.69 Å². The molecule has 0 aliphatic carbocycles. The molecule has 1 aromatic heterocycles. The van der Waals surface area contributed by atoms with E-state index in [4.69, 9.17) is 10.5 Å². The molecule has 2 saturated heterocycles. The van der Waals surface area contributed by atoms with Crippen LogP contribution in [0.5, 0.6) is 0 Å². The van der Waals surface area contributed by atoms with Gasteiger partial charge in [0.15, 0.2) is 0 Å². The van der Waals surface area contributed by atoms with Crippen LogP contribution < -0.4 is 11.1 Å². The smallest absolute Gasteiger partial charge is 0.317 e. The Labute approximate surface area is 170 Å². The molecule has 2 atom stereocenters. The van der Waals surface area contributed by atoms with E-state index in [0.717, 1.165) is 38.0 Å². The number of hydrogen-bond donors (Lipinski definition) is 2. The number of carbonyl (C=O) groups excluding carboxylic acids is 2. The van der Waals surface area contributed by atoms with E-state index in [9.17, 15) is 9.59 Å². The van der Waals surface area contributed by atoms with E-state index in [0.29, 0.717) is 31.0 Å². The van der Waals surface area contributed by atoms with Crippen LogP contribution in [-0.2, 0) is 4.74 Å². The summed E-state index contributed by atoms with van der Waals surface area (Å²) < 4.78 is 7.14. The van der Waals surface area contributed by atoms with Crippen molar-refractivity contribution in [1.29, 1.82) is 0 Å². The quantitative estimate of drug-likeness (QED) is 0.824. The standard InChI is InChI=1S/C21H27N5O3/c22-20(27)18-13-26(17-8-2-1-3-9-17)24-19(18)15-6-4-10-25(12-15)21(28)23-16-7-5-11-29-14-16/h1-3,8-9,13,15-16H,4-7,10-12,14H2,(H2,22,27)(H,23,28)/t15?,16-/m0/s1. The van der Waals surface area contributed by atoms with Gasteiger partial charge in [0.2, 0.25) is 0 Å². The van der Waals surface area contributed by atoms with Gasteiger partial charge in [-0.2, -0.15) is 5.10 Å². The Morgan fingerprint density at radius 1 is 1.17 bits per heavy atom. The molecule has 0 spiro atoms. The highest BCUT2D eigenvalue weighted by Gasteiger charge is 2.30. The maximum absolute atomic E-state index is 12.7. The number of amides is 3. The summed E-state index contributed by atoms with van der Waals surface area (Å²) in [5.41, 5.74) is 7.58. The van der Waals surface area contributed by atoms with E-state index >= 15 is 0 Å². The van der Waals surface area contributed by atoms with Crippen molar-refractivity contribution >= 4 is 11.9 Å². The minimum atomic E-state index is -0.497. The van der Waals surface area contributed by atoms with Crippen molar-refractivity contribution in [3.05, 3.63) is 47.8 Å². The number of nitrogens with two attached hydrogens (primary N) is 1. The van der Waals surface area contributed by atoms with Crippen LogP contribution in [0.3, 0.4) is 0 Å². The summed E-state index contributed by atoms with van der Waals surface area (Å²) in [4.78, 5) is 26.6. The molecule has 0 saturated carbocycles. The van der Waals surface area contributed by atoms with E-state index in [1.807, 2.05) is 35.2 Å². The Hall–Kier alpha value is -2.87. The molecule has 2 aliphatic rings. The molecular formula is C21H27N5O3. The van der Waals surface area contributed by atoms with Gasteiger partial charge in [-0.25, -0.2) is 9.48 Å². The summed E-state index contributed by atoms with van der Waals surface area (Å²) in [5.74, 6) is -0.521. The van der Waals surface area contributed by atoms with Gasteiger partial charge < -0.3 is 20.7 Å². The Bertz CT molecular complexity index is 860. The second-order valence-corrected chi connectivity index (χ2v) is 7.72. The zero-order chi connectivity index (χ0) is 20.2. The first-order valence-electron chi connectivity index (χ1n) is 10.2. The Morgan fingerprint density at radius 3 is 2.72 bits per heavy atom. The van der Waals surface area contributed by atoms with Crippen molar-refractivity contribution in [2.45, 2.75) is 37.6 Å². The van der Waals surface area contributed by atoms with Crippen molar-refractivity contribution in [3.63, 3.8) is 0 Å². The molecule has 1 unspecified atom stereocenters. The lowest BCUT2D eigenvalue weighted by molar-refractivity contribution is 0.0698. The van der Waals surface area contributed by atoms with E-state index in [-0.39, 0.29) is 18.0 Å². The topological polar surface area (TPSA) is 102 Å². The van der Waals surface area contributed by atoms with Crippen LogP contribution in [0, 0.1) is 0 Å². The van der Waals surface area contributed by atoms with Gasteiger partial charge in [-0.05, 0) is 37.8 Å². The number of urea groups is 1. The summed E-state index contributed by atoms with van der Waals surface area (Å²) >= 11 is 0. The van der Waals surface area contributed by atoms with Gasteiger partial charge in [0.25, 0.3) is 5.91 Å². The Balaban J connectivity index is 1.50. The molecule has 8 heteroatoms. The van der Waals surface area contributed by atoms with Gasteiger partial charge in [0.05, 0.1) is 29.6 Å². The molecular weight excluding hydrogens is 370 g/mol. The monoisotopic (exact) mass is 397 g/mol. The number of nitrogens with zero attached hydrogens (tertiary/aromatic N) is 3. The maximum atomic E-state index is 12.7. The molecule has 2 aromatic rings. The van der Waals surface area contributed by atoms with Crippen molar-refractivity contribution in [3.8, 4) is 5.69 Å². The first kappa shape index (κ1) is 19.4. The molecule has 4 rings (SSSR count). The van der Waals surface area contributed by atoms with Gasteiger partial charge in [0.1, 0.15) is 0 Å². The second-order valence-electron chi connectivity index (χ2n) is 7.72. The lowest BCUT2D eigenvalue weighted by Crippen LogP contribution is -2.50. The largest absolute Gasteiger partial charge is 0.379 e. The van der Waals surface area contributed by atoms with Crippen LogP contribution in [0.4, 0.5) is 4.79 Å². The van der Waals surface area contributed by atoms with E-state index in [1.54, 1.807) is 10.9 Å². The van der Waals surface area contributed by atoms with Gasteiger partial charge in [-0.3, -0.25) is 4.79 Å². The number of carbonyl (C=O) groups is 2. The normalized spacial score (nSPS) is 22.3. The predicted octanol–water partition coefficient (Wildman–Crippen LogP) is 2.04. The number of benzene rings is 1. The molecule has 3 amide bonds. The van der Waals surface area contributed by atoms with Gasteiger partial charge in [0, 0.05) is 31.8 Å². The lowest BCUT2D eigenvalue weighted by Gasteiger charge is -2.34. The maximum Gasteiger partial charge on any atom is 0.317 e. The van der Waals surface area contributed by atoms with Crippen LogP contribution in [-0.4, -0.2) is 59.0 Å². The molecule has 2 aliphatic heterocycles. The van der Waals surface area contributed by atoms with Gasteiger partial charge >= 0.3 is 6.03 Å². The summed E-state index contributed by atoms with van der Waals surface area (Å²) in [7, 11) is 0. The fourth-order valence-electron chi connectivity index (χ4n) is 4.10. The highest BCUT2D eigenvalue weighted by Crippen LogP contribution is 2.29. The van der Waals surface area contributed by atoms with Crippen LogP contribution >= 0.6 is 0 Å². The minimum absolute atomic E-state index is 0.0235. The summed E-state index contributed by atoms with van der Waals surface area (Å²) in [6.45, 7) is 2.54. The third-order valence-electron chi connectivity index (χ3n) is 5.61. The number of rotatable bonds is 4. The van der Waals surface area contributed by atoms with E-state index in [1.165, 1.54) is 0 Å². The SMILES string of the molecule is NC(=O)c1cn(-c2ccccc2)nc1C1CCCN(C(=O)N[C@H]2CCCOC2)C1. The van der Waals surface area contributed by atoms with Gasteiger partial charge in [-0.15, -0.1) is 0 Å². The van der Waals surface area contributed by atoms with Crippen LogP contribution in [0.1, 0.15) is 47.7 Å². The van der Waals surface area contributed by atoms with Crippen molar-refractivity contribution < 1.29 is 14.3 Å². The van der Waals surface area contributed by atoms with Crippen LogP contribution in [0.15, 0.2) is 36.5 Å². The summed E-state index contributed by atoms with van der Waals surface area (Å²) in [6.07, 6.45) is 5.31. The van der Waals surface area contributed by atoms with E-state index < -0.39 is 5.91 Å². The first-order chi connectivity index (χ1) is 14.1. The number of primary amides is 1. The third kappa shape index (κ3) is 4.42. The fourth-order valence-corrected chi connectivity index (χ4v) is 4.10. The molecule has 29 heavy (non-hydrogen) atoms. The molecule has 0 bridgehead atoms. The number of nitrogens with one attached hydrogen (secondary N) is 1. The second kappa shape index (κ2) is 8.65. The Morgan fingerprint density at radius 2 is 2.00 bits per heavy atom. The molecule has 8 nitrogen and oxygen atoms in total. The van der Waals surface area contributed by atoms with E-state index in [2.05, 4.69) is 10.4 Å². The zero-order valence-corrected chi connectivity index (χ0v) is 16.4. The first-order valence-corrected chi connectivity index (χ1v) is 10.2. The number of piperidine rings is 1. The average Bonchev–Trinajstić information content (AvgIpc) is 3.21. The molecule has 3 heterocycles. The molecule has 154 valence electrons. The number of ether oxygens (including phenoxy) is 1. The number of likely N-dealkylation sites (tertiary alicyclic amines) is 1. The number of aromatic nitrogens is 2. The average molecular weight is 397 g/mol. The van der Waals surface area contributed by atoms with Crippen molar-refractivity contribution in [2.75, 3.05) is 26.3 Å². The van der Waals surface area contributed by atoms with Crippen molar-refractivity contribution in [2.24, 2.45) is 5.73 Å². The summed E-state index contributed by atoms with van der Waals surface area (Å²) in [5, 5.41) is 7.75. The molecule has 1 aromatic carbocycles. The third-order valence-corrected chi connectivity index (χ3v) is 5.61. The zero-order valence-electron chi connectivity index (χ0n) is 16.4.